The largest absolute Gasteiger partial charge is 0.366 e. The second-order valence-electron chi connectivity index (χ2n) is 6.13. The van der Waals surface area contributed by atoms with E-state index in [0.29, 0.717) is 28.6 Å². The van der Waals surface area contributed by atoms with E-state index in [9.17, 15) is 0 Å². The molecule has 6 nitrogen and oxygen atoms in total. The Labute approximate surface area is 161 Å². The molecule has 3 aromatic rings. The number of rotatable bonds is 5. The summed E-state index contributed by atoms with van der Waals surface area (Å²) < 4.78 is 0. The highest BCUT2D eigenvalue weighted by Gasteiger charge is 2.15. The van der Waals surface area contributed by atoms with Crippen molar-refractivity contribution >= 4 is 40.5 Å². The van der Waals surface area contributed by atoms with E-state index < -0.39 is 0 Å². The van der Waals surface area contributed by atoms with Crippen LogP contribution < -0.4 is 16.0 Å². The minimum atomic E-state index is 0.375. The topological polar surface area (TPSA) is 74.8 Å². The number of hydrogen-bond acceptors (Lipinski definition) is 7. The molecule has 0 unspecified atom stereocenters. The van der Waals surface area contributed by atoms with Gasteiger partial charge in [0, 0.05) is 17.8 Å². The molecule has 0 saturated carbocycles. The predicted molar refractivity (Wildman–Crippen MR) is 107 cm³/mol. The third-order valence-corrected chi connectivity index (χ3v) is 5.24. The zero-order valence-electron chi connectivity index (χ0n) is 14.1. The lowest BCUT2D eigenvalue weighted by atomic mass is 10.1. The van der Waals surface area contributed by atoms with Gasteiger partial charge in [0.25, 0.3) is 0 Å². The van der Waals surface area contributed by atoms with Crippen molar-refractivity contribution in [2.75, 3.05) is 23.7 Å². The smallest absolute Gasteiger partial charge is 0.230 e. The van der Waals surface area contributed by atoms with E-state index in [1.165, 1.54) is 5.56 Å². The summed E-state index contributed by atoms with van der Waals surface area (Å²) in [5, 5.41) is 14.6. The molecule has 3 aromatic heterocycles. The van der Waals surface area contributed by atoms with Crippen LogP contribution in [0.2, 0.25) is 5.02 Å². The number of aromatic nitrogens is 3. The number of pyridine rings is 1. The van der Waals surface area contributed by atoms with Gasteiger partial charge in [0.1, 0.15) is 10.8 Å². The van der Waals surface area contributed by atoms with Crippen molar-refractivity contribution < 1.29 is 0 Å². The minimum absolute atomic E-state index is 0.375. The number of piperidine rings is 1. The Kier molecular flexibility index (Phi) is 5.29. The zero-order chi connectivity index (χ0) is 17.8. The zero-order valence-corrected chi connectivity index (χ0v) is 15.6. The van der Waals surface area contributed by atoms with Gasteiger partial charge in [-0.1, -0.05) is 11.6 Å². The van der Waals surface area contributed by atoms with E-state index in [-0.39, 0.29) is 0 Å². The Hall–Kier alpha value is -2.22. The first-order valence-electron chi connectivity index (χ1n) is 8.53. The molecule has 3 N–H and O–H groups in total. The fourth-order valence-electron chi connectivity index (χ4n) is 2.87. The quantitative estimate of drug-likeness (QED) is 0.611. The van der Waals surface area contributed by atoms with E-state index in [1.807, 2.05) is 18.3 Å². The molecule has 0 radical (unpaired) electrons. The fourth-order valence-corrected chi connectivity index (χ4v) is 3.68. The maximum Gasteiger partial charge on any atom is 0.230 e. The van der Waals surface area contributed by atoms with Crippen molar-refractivity contribution in [3.05, 3.63) is 46.4 Å². The molecular weight excluding hydrogens is 368 g/mol. The highest BCUT2D eigenvalue weighted by Crippen LogP contribution is 2.25. The third kappa shape index (κ3) is 4.12. The van der Waals surface area contributed by atoms with Gasteiger partial charge in [-0.25, -0.2) is 9.97 Å². The number of nitrogens with zero attached hydrogens (tertiary/aromatic N) is 3. The van der Waals surface area contributed by atoms with Gasteiger partial charge in [-0.3, -0.25) is 0 Å². The molecule has 1 aliphatic rings. The second kappa shape index (κ2) is 7.99. The fraction of sp³-hybridized carbons (Fsp3) is 0.278. The van der Waals surface area contributed by atoms with E-state index in [4.69, 9.17) is 11.6 Å². The maximum absolute atomic E-state index is 6.25. The molecule has 0 aromatic carbocycles. The van der Waals surface area contributed by atoms with Crippen LogP contribution in [0, 0.1) is 0 Å². The molecule has 0 aliphatic carbocycles. The first-order valence-corrected chi connectivity index (χ1v) is 9.85. The molecule has 0 atom stereocenters. The normalized spacial score (nSPS) is 15.0. The predicted octanol–water partition coefficient (Wildman–Crippen LogP) is 4.16. The number of halogens is 1. The van der Waals surface area contributed by atoms with Crippen LogP contribution in [0.5, 0.6) is 0 Å². The molecule has 26 heavy (non-hydrogen) atoms. The van der Waals surface area contributed by atoms with Crippen LogP contribution in [-0.4, -0.2) is 34.1 Å². The summed E-state index contributed by atoms with van der Waals surface area (Å²) in [6.45, 7) is 2.01. The van der Waals surface area contributed by atoms with Gasteiger partial charge in [0.05, 0.1) is 6.20 Å². The summed E-state index contributed by atoms with van der Waals surface area (Å²) in [5.74, 6) is 1.83. The summed E-state index contributed by atoms with van der Waals surface area (Å²) in [6, 6.07) is 6.40. The molecule has 8 heteroatoms. The number of nitrogens with one attached hydrogen (secondary N) is 3. The first kappa shape index (κ1) is 17.2. The van der Waals surface area contributed by atoms with Gasteiger partial charge in [-0.15, -0.1) is 0 Å². The van der Waals surface area contributed by atoms with Crippen molar-refractivity contribution in [2.45, 2.75) is 18.9 Å². The van der Waals surface area contributed by atoms with Crippen molar-refractivity contribution in [1.29, 1.82) is 0 Å². The highest BCUT2D eigenvalue weighted by molar-refractivity contribution is 7.08. The molecule has 4 heterocycles. The number of anilines is 3. The molecule has 1 saturated heterocycles. The van der Waals surface area contributed by atoms with E-state index in [1.54, 1.807) is 17.5 Å². The monoisotopic (exact) mass is 386 g/mol. The van der Waals surface area contributed by atoms with Gasteiger partial charge in [-0.2, -0.15) is 16.3 Å². The lowest BCUT2D eigenvalue weighted by molar-refractivity contribution is 0.478. The second-order valence-corrected chi connectivity index (χ2v) is 7.32. The molecule has 0 bridgehead atoms. The van der Waals surface area contributed by atoms with Crippen molar-refractivity contribution in [1.82, 2.24) is 20.3 Å². The van der Waals surface area contributed by atoms with Crippen LogP contribution in [0.25, 0.3) is 11.1 Å². The van der Waals surface area contributed by atoms with Crippen LogP contribution in [0.15, 0.2) is 41.4 Å². The summed E-state index contributed by atoms with van der Waals surface area (Å²) in [7, 11) is 0. The van der Waals surface area contributed by atoms with Crippen molar-refractivity contribution in [3.63, 3.8) is 0 Å². The Balaban J connectivity index is 1.46. The summed E-state index contributed by atoms with van der Waals surface area (Å²) in [5.41, 5.74) is 2.26. The Bertz CT molecular complexity index is 847. The number of thiophene rings is 1. The van der Waals surface area contributed by atoms with E-state index in [2.05, 4.69) is 47.7 Å². The Morgan fingerprint density at radius 2 is 1.96 bits per heavy atom. The minimum Gasteiger partial charge on any atom is -0.366 e. The summed E-state index contributed by atoms with van der Waals surface area (Å²) >= 11 is 7.92. The number of hydrogen-bond donors (Lipinski definition) is 3. The van der Waals surface area contributed by atoms with Gasteiger partial charge in [0.2, 0.25) is 5.95 Å². The van der Waals surface area contributed by atoms with Gasteiger partial charge < -0.3 is 16.0 Å². The molecule has 1 aliphatic heterocycles. The molecule has 4 rings (SSSR count). The third-order valence-electron chi connectivity index (χ3n) is 4.28. The van der Waals surface area contributed by atoms with Crippen molar-refractivity contribution in [3.8, 4) is 11.1 Å². The molecule has 1 fully saturated rings. The van der Waals surface area contributed by atoms with Crippen LogP contribution in [-0.2, 0) is 0 Å². The standard InChI is InChI=1S/C18H19ClN6S/c19-15-10-22-18(25-17(15)23-14-3-6-20-7-4-14)24-16-2-1-12(9-21-16)13-5-8-26-11-13/h1-2,5,8-11,14,20H,3-4,6-7H2,(H2,21,22,23,24,25). The Morgan fingerprint density at radius 1 is 1.08 bits per heavy atom. The van der Waals surface area contributed by atoms with Crippen LogP contribution >= 0.6 is 22.9 Å². The van der Waals surface area contributed by atoms with Gasteiger partial charge >= 0.3 is 0 Å². The molecule has 134 valence electrons. The first-order chi connectivity index (χ1) is 12.8. The Morgan fingerprint density at radius 3 is 2.69 bits per heavy atom. The average molecular weight is 387 g/mol. The van der Waals surface area contributed by atoms with Crippen molar-refractivity contribution in [2.24, 2.45) is 0 Å². The summed E-state index contributed by atoms with van der Waals surface area (Å²) in [6.07, 6.45) is 5.55. The molecule has 0 amide bonds. The van der Waals surface area contributed by atoms with Crippen LogP contribution in [0.4, 0.5) is 17.6 Å². The van der Waals surface area contributed by atoms with Gasteiger partial charge in [0.15, 0.2) is 5.82 Å². The lowest BCUT2D eigenvalue weighted by Gasteiger charge is -2.24. The van der Waals surface area contributed by atoms with Crippen LogP contribution in [0.1, 0.15) is 12.8 Å². The van der Waals surface area contributed by atoms with E-state index in [0.717, 1.165) is 31.5 Å². The lowest BCUT2D eigenvalue weighted by Crippen LogP contribution is -2.35. The molecule has 0 spiro atoms. The van der Waals surface area contributed by atoms with Crippen LogP contribution in [0.3, 0.4) is 0 Å². The van der Waals surface area contributed by atoms with Gasteiger partial charge in [-0.05, 0) is 60.5 Å². The highest BCUT2D eigenvalue weighted by atomic mass is 35.5. The maximum atomic E-state index is 6.25. The average Bonchev–Trinajstić information content (AvgIpc) is 3.21. The molecular formula is C18H19ClN6S. The summed E-state index contributed by atoms with van der Waals surface area (Å²) in [4.78, 5) is 13.2. The SMILES string of the molecule is Clc1cnc(Nc2ccc(-c3ccsc3)cn2)nc1NC1CCNCC1. The van der Waals surface area contributed by atoms with E-state index >= 15 is 0 Å².